The zero-order valence-corrected chi connectivity index (χ0v) is 14.3. The number of aryl methyl sites for hydroxylation is 2. The van der Waals surface area contributed by atoms with Gasteiger partial charge in [-0.05, 0) is 25.5 Å². The summed E-state index contributed by atoms with van der Waals surface area (Å²) in [5.74, 6) is -0.366. The van der Waals surface area contributed by atoms with Gasteiger partial charge in [0.2, 0.25) is 0 Å². The Labute approximate surface area is 144 Å². The van der Waals surface area contributed by atoms with Crippen molar-refractivity contribution in [3.8, 4) is 16.9 Å². The average molecular weight is 341 g/mol. The smallest absolute Gasteiger partial charge is 0.303 e. The Morgan fingerprint density at radius 3 is 2.80 bits per heavy atom. The van der Waals surface area contributed by atoms with Gasteiger partial charge in [0.15, 0.2) is 0 Å². The summed E-state index contributed by atoms with van der Waals surface area (Å²) in [6.45, 7) is 1.84. The molecule has 0 fully saturated rings. The van der Waals surface area contributed by atoms with Crippen LogP contribution < -0.4 is 10.3 Å². The van der Waals surface area contributed by atoms with Crippen molar-refractivity contribution >= 4 is 11.6 Å². The first-order chi connectivity index (χ1) is 11.9. The fourth-order valence-electron chi connectivity index (χ4n) is 2.90. The Kier molecular flexibility index (Phi) is 4.31. The minimum absolute atomic E-state index is 0.0300. The number of nitrogens with zero attached hydrogens (tertiary/aromatic N) is 3. The Hall–Kier alpha value is -3.09. The predicted molar refractivity (Wildman–Crippen MR) is 93.1 cm³/mol. The SMILES string of the molecule is COc1cc(C)n(C)c(=O)c1-c1ccc(CCC(=O)O)n2ccnc12. The summed E-state index contributed by atoms with van der Waals surface area (Å²) in [5, 5.41) is 8.91. The molecule has 7 heteroatoms. The molecule has 0 unspecified atom stereocenters. The van der Waals surface area contributed by atoms with Crippen LogP contribution in [0.25, 0.3) is 16.8 Å². The summed E-state index contributed by atoms with van der Waals surface area (Å²) >= 11 is 0. The summed E-state index contributed by atoms with van der Waals surface area (Å²) in [4.78, 5) is 28.0. The Balaban J connectivity index is 2.24. The first-order valence-corrected chi connectivity index (χ1v) is 7.85. The summed E-state index contributed by atoms with van der Waals surface area (Å²) in [7, 11) is 3.24. The van der Waals surface area contributed by atoms with Gasteiger partial charge >= 0.3 is 5.97 Å². The number of carbonyl (C=O) groups is 1. The van der Waals surface area contributed by atoms with E-state index in [-0.39, 0.29) is 12.0 Å². The molecule has 3 aromatic rings. The molecule has 0 aliphatic rings. The Morgan fingerprint density at radius 2 is 2.12 bits per heavy atom. The van der Waals surface area contributed by atoms with Crippen molar-refractivity contribution in [2.45, 2.75) is 19.8 Å². The van der Waals surface area contributed by atoms with Crippen molar-refractivity contribution in [3.63, 3.8) is 0 Å². The second-order valence-electron chi connectivity index (χ2n) is 5.85. The van der Waals surface area contributed by atoms with Gasteiger partial charge in [0.05, 0.1) is 19.1 Å². The molecule has 0 amide bonds. The van der Waals surface area contributed by atoms with Crippen LogP contribution in [0.4, 0.5) is 0 Å². The molecule has 0 aromatic carbocycles. The molecule has 0 aliphatic carbocycles. The summed E-state index contributed by atoms with van der Waals surface area (Å²) in [6, 6.07) is 5.44. The molecule has 7 nitrogen and oxygen atoms in total. The number of fused-ring (bicyclic) bond motifs is 1. The third kappa shape index (κ3) is 2.88. The Bertz CT molecular complexity index is 1020. The number of imidazole rings is 1. The van der Waals surface area contributed by atoms with Gasteiger partial charge < -0.3 is 18.8 Å². The van der Waals surface area contributed by atoms with Crippen LogP contribution in [0.15, 0.2) is 35.4 Å². The summed E-state index contributed by atoms with van der Waals surface area (Å²) in [6.07, 6.45) is 3.81. The molecule has 0 atom stereocenters. The monoisotopic (exact) mass is 341 g/mol. The van der Waals surface area contributed by atoms with Crippen LogP contribution in [0, 0.1) is 6.92 Å². The molecule has 3 aromatic heterocycles. The molecule has 130 valence electrons. The lowest BCUT2D eigenvalue weighted by Gasteiger charge is -2.14. The van der Waals surface area contributed by atoms with Gasteiger partial charge in [-0.3, -0.25) is 9.59 Å². The average Bonchev–Trinajstić information content (AvgIpc) is 3.07. The molecular weight excluding hydrogens is 322 g/mol. The van der Waals surface area contributed by atoms with Crippen molar-refractivity contribution in [1.29, 1.82) is 0 Å². The van der Waals surface area contributed by atoms with Gasteiger partial charge in [-0.25, -0.2) is 4.98 Å². The van der Waals surface area contributed by atoms with Gasteiger partial charge in [0.1, 0.15) is 11.4 Å². The summed E-state index contributed by atoms with van der Waals surface area (Å²) < 4.78 is 8.80. The van der Waals surface area contributed by atoms with Crippen LogP contribution >= 0.6 is 0 Å². The van der Waals surface area contributed by atoms with Crippen molar-refractivity contribution in [1.82, 2.24) is 14.0 Å². The highest BCUT2D eigenvalue weighted by atomic mass is 16.5. The molecule has 25 heavy (non-hydrogen) atoms. The number of carboxylic acid groups (broad SMARTS) is 1. The van der Waals surface area contributed by atoms with Crippen LogP contribution in [0.5, 0.6) is 5.75 Å². The molecule has 1 N–H and O–H groups in total. The number of pyridine rings is 2. The molecule has 3 heterocycles. The molecule has 0 saturated carbocycles. The van der Waals surface area contributed by atoms with Gasteiger partial charge in [-0.2, -0.15) is 0 Å². The van der Waals surface area contributed by atoms with E-state index in [1.165, 1.54) is 7.11 Å². The normalized spacial score (nSPS) is 11.0. The first-order valence-electron chi connectivity index (χ1n) is 7.85. The quantitative estimate of drug-likeness (QED) is 0.767. The van der Waals surface area contributed by atoms with Crippen molar-refractivity contribution < 1.29 is 14.6 Å². The van der Waals surface area contributed by atoms with Crippen LogP contribution in [-0.2, 0) is 18.3 Å². The maximum Gasteiger partial charge on any atom is 0.303 e. The molecule has 0 radical (unpaired) electrons. The van der Waals surface area contributed by atoms with Crippen LogP contribution in [-0.4, -0.2) is 32.1 Å². The van der Waals surface area contributed by atoms with E-state index in [2.05, 4.69) is 4.98 Å². The maximum atomic E-state index is 12.8. The van der Waals surface area contributed by atoms with Crippen LogP contribution in [0.1, 0.15) is 17.8 Å². The third-order valence-electron chi connectivity index (χ3n) is 4.35. The van der Waals surface area contributed by atoms with E-state index in [4.69, 9.17) is 9.84 Å². The van der Waals surface area contributed by atoms with Gasteiger partial charge in [-0.15, -0.1) is 0 Å². The number of rotatable bonds is 5. The van der Waals surface area contributed by atoms with Gasteiger partial charge in [0, 0.05) is 42.5 Å². The number of carboxylic acids is 1. The second-order valence-corrected chi connectivity index (χ2v) is 5.85. The molecule has 0 bridgehead atoms. The highest BCUT2D eigenvalue weighted by Gasteiger charge is 2.18. The zero-order valence-electron chi connectivity index (χ0n) is 14.3. The minimum Gasteiger partial charge on any atom is -0.496 e. The fourth-order valence-corrected chi connectivity index (χ4v) is 2.90. The zero-order chi connectivity index (χ0) is 18.1. The predicted octanol–water partition coefficient (Wildman–Crippen LogP) is 2.03. The molecular formula is C18H19N3O4. The lowest BCUT2D eigenvalue weighted by molar-refractivity contribution is -0.136. The number of aromatic nitrogens is 3. The number of hydrogen-bond acceptors (Lipinski definition) is 4. The minimum atomic E-state index is -0.855. The fraction of sp³-hybridized carbons (Fsp3) is 0.278. The van der Waals surface area contributed by atoms with Gasteiger partial charge in [0.25, 0.3) is 5.56 Å². The topological polar surface area (TPSA) is 85.8 Å². The molecule has 0 spiro atoms. The summed E-state index contributed by atoms with van der Waals surface area (Å²) in [5.41, 5.74) is 3.14. The first kappa shape index (κ1) is 16.8. The van der Waals surface area contributed by atoms with Crippen molar-refractivity contribution in [3.05, 3.63) is 52.3 Å². The molecule has 0 aliphatic heterocycles. The van der Waals surface area contributed by atoms with Crippen molar-refractivity contribution in [2.24, 2.45) is 7.05 Å². The van der Waals surface area contributed by atoms with Crippen LogP contribution in [0.3, 0.4) is 0 Å². The van der Waals surface area contributed by atoms with E-state index in [1.807, 2.05) is 23.5 Å². The largest absolute Gasteiger partial charge is 0.496 e. The van der Waals surface area contributed by atoms with Gasteiger partial charge in [-0.1, -0.05) is 0 Å². The Morgan fingerprint density at radius 1 is 1.36 bits per heavy atom. The lowest BCUT2D eigenvalue weighted by Crippen LogP contribution is -2.21. The lowest BCUT2D eigenvalue weighted by atomic mass is 10.1. The molecule has 0 saturated heterocycles. The maximum absolute atomic E-state index is 12.8. The number of aliphatic carboxylic acids is 1. The van der Waals surface area contributed by atoms with E-state index in [1.54, 1.807) is 30.1 Å². The number of hydrogen-bond donors (Lipinski definition) is 1. The molecule has 3 rings (SSSR count). The number of methoxy groups -OCH3 is 1. The highest BCUT2D eigenvalue weighted by molar-refractivity contribution is 5.81. The standard InChI is InChI=1S/C18H19N3O4/c1-11-10-14(25-3)16(18(24)20(11)2)13-6-4-12(5-7-15(22)23)21-9-8-19-17(13)21/h4,6,8-10H,5,7H2,1-3H3,(H,22,23). The van der Waals surface area contributed by atoms with Crippen LogP contribution in [0.2, 0.25) is 0 Å². The van der Waals surface area contributed by atoms with E-state index in [9.17, 15) is 9.59 Å². The second kappa shape index (κ2) is 6.43. The highest BCUT2D eigenvalue weighted by Crippen LogP contribution is 2.30. The third-order valence-corrected chi connectivity index (χ3v) is 4.35. The van der Waals surface area contributed by atoms with Crippen molar-refractivity contribution in [2.75, 3.05) is 7.11 Å². The van der Waals surface area contributed by atoms with E-state index < -0.39 is 5.97 Å². The van der Waals surface area contributed by atoms with E-state index in [0.29, 0.717) is 28.9 Å². The van der Waals surface area contributed by atoms with E-state index >= 15 is 0 Å². The van der Waals surface area contributed by atoms with E-state index in [0.717, 1.165) is 11.4 Å². The number of ether oxygens (including phenoxy) is 1.